The predicted octanol–water partition coefficient (Wildman–Crippen LogP) is 0.296. The lowest BCUT2D eigenvalue weighted by atomic mass is 10.2. The average molecular weight is 144 g/mol. The second kappa shape index (κ2) is 3.71. The number of aliphatic hydroxyl groups excluding tert-OH is 1. The zero-order chi connectivity index (χ0) is 7.40. The molecule has 2 atom stereocenters. The first-order valence-electron chi connectivity index (χ1n) is 3.32. The van der Waals surface area contributed by atoms with Crippen molar-refractivity contribution >= 4 is 0 Å². The van der Waals surface area contributed by atoms with Gasteiger partial charge in [0.25, 0.3) is 0 Å². The van der Waals surface area contributed by atoms with Crippen molar-refractivity contribution in [2.24, 2.45) is 0 Å². The van der Waals surface area contributed by atoms with E-state index in [1.54, 1.807) is 7.11 Å². The highest BCUT2D eigenvalue weighted by molar-refractivity contribution is 4.92. The lowest BCUT2D eigenvalue weighted by Crippen LogP contribution is -2.27. The highest BCUT2D eigenvalue weighted by Crippen LogP contribution is 2.11. The van der Waals surface area contributed by atoms with Crippen LogP contribution >= 0.6 is 0 Å². The van der Waals surface area contributed by atoms with Gasteiger partial charge in [-0.25, -0.2) is 0 Å². The molecule has 10 heavy (non-hydrogen) atoms. The van der Waals surface area contributed by atoms with Crippen molar-refractivity contribution in [3.63, 3.8) is 0 Å². The number of ether oxygens (including phenoxy) is 2. The second-order valence-corrected chi connectivity index (χ2v) is 2.21. The maximum absolute atomic E-state index is 8.69. The van der Waals surface area contributed by atoms with Crippen LogP contribution in [0.15, 0.2) is 12.2 Å². The summed E-state index contributed by atoms with van der Waals surface area (Å²) in [6, 6.07) is 0. The standard InChI is InChI=1S/C7H12O3/c1-9-7-4-2-3-6(5-8)10-7/h2,4,6-8H,3,5H2,1H3/t6-,7?/m0/s1. The molecule has 0 aliphatic carbocycles. The molecule has 0 aromatic heterocycles. The van der Waals surface area contributed by atoms with Gasteiger partial charge in [-0.3, -0.25) is 0 Å². The van der Waals surface area contributed by atoms with Gasteiger partial charge in [0.05, 0.1) is 12.7 Å². The molecule has 1 aliphatic rings. The Morgan fingerprint density at radius 2 is 2.60 bits per heavy atom. The van der Waals surface area contributed by atoms with E-state index in [4.69, 9.17) is 14.6 Å². The Morgan fingerprint density at radius 1 is 1.80 bits per heavy atom. The van der Waals surface area contributed by atoms with E-state index in [0.717, 1.165) is 6.42 Å². The Balaban J connectivity index is 2.38. The van der Waals surface area contributed by atoms with E-state index in [2.05, 4.69) is 0 Å². The minimum absolute atomic E-state index is 0.0597. The zero-order valence-corrected chi connectivity index (χ0v) is 5.99. The Kier molecular flexibility index (Phi) is 2.86. The number of hydrogen-bond acceptors (Lipinski definition) is 3. The minimum atomic E-state index is -0.272. The fourth-order valence-corrected chi connectivity index (χ4v) is 0.884. The molecule has 58 valence electrons. The van der Waals surface area contributed by atoms with Gasteiger partial charge < -0.3 is 14.6 Å². The molecule has 0 spiro atoms. The molecule has 3 heteroatoms. The van der Waals surface area contributed by atoms with Crippen LogP contribution in [0.2, 0.25) is 0 Å². The van der Waals surface area contributed by atoms with Gasteiger partial charge in [-0.2, -0.15) is 0 Å². The summed E-state index contributed by atoms with van der Waals surface area (Å²) in [6.45, 7) is 0.0597. The summed E-state index contributed by atoms with van der Waals surface area (Å²) in [6.07, 6.45) is 4.21. The number of hydrogen-bond donors (Lipinski definition) is 1. The topological polar surface area (TPSA) is 38.7 Å². The Bertz CT molecular complexity index is 122. The molecular formula is C7H12O3. The van der Waals surface area contributed by atoms with Crippen LogP contribution in [0.3, 0.4) is 0 Å². The molecule has 0 aromatic carbocycles. The highest BCUT2D eigenvalue weighted by Gasteiger charge is 2.15. The third-order valence-electron chi connectivity index (χ3n) is 1.45. The SMILES string of the molecule is COC1C=CC[C@@H](CO)O1. The van der Waals surface area contributed by atoms with E-state index in [0.29, 0.717) is 0 Å². The molecule has 0 bridgehead atoms. The first kappa shape index (κ1) is 7.72. The van der Waals surface area contributed by atoms with Crippen LogP contribution in [0, 0.1) is 0 Å². The van der Waals surface area contributed by atoms with Gasteiger partial charge in [0.2, 0.25) is 0 Å². The maximum atomic E-state index is 8.69. The Hall–Kier alpha value is -0.380. The summed E-state index contributed by atoms with van der Waals surface area (Å²) < 4.78 is 10.1. The molecule has 1 unspecified atom stereocenters. The molecule has 1 heterocycles. The summed E-state index contributed by atoms with van der Waals surface area (Å²) in [7, 11) is 1.58. The van der Waals surface area contributed by atoms with Crippen molar-refractivity contribution in [2.45, 2.75) is 18.8 Å². The molecule has 0 saturated carbocycles. The highest BCUT2D eigenvalue weighted by atomic mass is 16.7. The molecule has 0 aromatic rings. The fourth-order valence-electron chi connectivity index (χ4n) is 0.884. The number of methoxy groups -OCH3 is 1. The van der Waals surface area contributed by atoms with Gasteiger partial charge in [-0.1, -0.05) is 6.08 Å². The van der Waals surface area contributed by atoms with Gasteiger partial charge in [0, 0.05) is 7.11 Å². The summed E-state index contributed by atoms with van der Waals surface area (Å²) >= 11 is 0. The van der Waals surface area contributed by atoms with Gasteiger partial charge in [-0.15, -0.1) is 0 Å². The maximum Gasteiger partial charge on any atom is 0.176 e. The number of rotatable bonds is 2. The Morgan fingerprint density at radius 3 is 3.20 bits per heavy atom. The van der Waals surface area contributed by atoms with E-state index in [1.165, 1.54) is 0 Å². The molecule has 0 fully saturated rings. The molecule has 1 rings (SSSR count). The predicted molar refractivity (Wildman–Crippen MR) is 36.5 cm³/mol. The van der Waals surface area contributed by atoms with Crippen molar-refractivity contribution in [2.75, 3.05) is 13.7 Å². The van der Waals surface area contributed by atoms with Crippen molar-refractivity contribution in [1.29, 1.82) is 0 Å². The van der Waals surface area contributed by atoms with Crippen molar-refractivity contribution in [1.82, 2.24) is 0 Å². The Labute approximate surface area is 60.3 Å². The first-order chi connectivity index (χ1) is 4.86. The van der Waals surface area contributed by atoms with Crippen LogP contribution in [-0.4, -0.2) is 31.2 Å². The lowest BCUT2D eigenvalue weighted by molar-refractivity contribution is -0.141. The second-order valence-electron chi connectivity index (χ2n) is 2.21. The largest absolute Gasteiger partial charge is 0.394 e. The van der Waals surface area contributed by atoms with E-state index >= 15 is 0 Å². The van der Waals surface area contributed by atoms with Crippen LogP contribution in [-0.2, 0) is 9.47 Å². The molecule has 0 amide bonds. The molecule has 1 N–H and O–H groups in total. The van der Waals surface area contributed by atoms with Crippen molar-refractivity contribution < 1.29 is 14.6 Å². The van der Waals surface area contributed by atoms with E-state index in [1.807, 2.05) is 12.2 Å². The molecule has 1 aliphatic heterocycles. The van der Waals surface area contributed by atoms with Crippen LogP contribution in [0.4, 0.5) is 0 Å². The lowest BCUT2D eigenvalue weighted by Gasteiger charge is -2.22. The van der Waals surface area contributed by atoms with Gasteiger partial charge in [0.15, 0.2) is 6.29 Å². The van der Waals surface area contributed by atoms with Gasteiger partial charge in [-0.05, 0) is 12.5 Å². The smallest absolute Gasteiger partial charge is 0.176 e. The van der Waals surface area contributed by atoms with E-state index in [-0.39, 0.29) is 19.0 Å². The van der Waals surface area contributed by atoms with Crippen molar-refractivity contribution in [3.8, 4) is 0 Å². The minimum Gasteiger partial charge on any atom is -0.394 e. The fraction of sp³-hybridized carbons (Fsp3) is 0.714. The monoisotopic (exact) mass is 144 g/mol. The third-order valence-corrected chi connectivity index (χ3v) is 1.45. The number of aliphatic hydroxyl groups is 1. The summed E-state index contributed by atoms with van der Waals surface area (Å²) in [5.74, 6) is 0. The third kappa shape index (κ3) is 1.80. The summed E-state index contributed by atoms with van der Waals surface area (Å²) in [5.41, 5.74) is 0. The van der Waals surface area contributed by atoms with Crippen LogP contribution in [0.5, 0.6) is 0 Å². The van der Waals surface area contributed by atoms with Crippen molar-refractivity contribution in [3.05, 3.63) is 12.2 Å². The molecule has 3 nitrogen and oxygen atoms in total. The summed E-state index contributed by atoms with van der Waals surface area (Å²) in [4.78, 5) is 0. The van der Waals surface area contributed by atoms with Gasteiger partial charge >= 0.3 is 0 Å². The molecular weight excluding hydrogens is 132 g/mol. The van der Waals surface area contributed by atoms with Gasteiger partial charge in [0.1, 0.15) is 0 Å². The first-order valence-corrected chi connectivity index (χ1v) is 3.32. The normalized spacial score (nSPS) is 32.6. The van der Waals surface area contributed by atoms with Crippen LogP contribution < -0.4 is 0 Å². The molecule has 0 saturated heterocycles. The average Bonchev–Trinajstić information content (AvgIpc) is 2.05. The summed E-state index contributed by atoms with van der Waals surface area (Å²) in [5, 5.41) is 8.69. The quantitative estimate of drug-likeness (QED) is 0.566. The zero-order valence-electron chi connectivity index (χ0n) is 5.99. The molecule has 0 radical (unpaired) electrons. The van der Waals surface area contributed by atoms with Crippen LogP contribution in [0.25, 0.3) is 0 Å². The van der Waals surface area contributed by atoms with Crippen LogP contribution in [0.1, 0.15) is 6.42 Å². The van der Waals surface area contributed by atoms with E-state index < -0.39 is 0 Å². The van der Waals surface area contributed by atoms with E-state index in [9.17, 15) is 0 Å².